The van der Waals surface area contributed by atoms with Crippen LogP contribution < -0.4 is 5.32 Å². The molecule has 15 heavy (non-hydrogen) atoms. The number of benzene rings is 1. The van der Waals surface area contributed by atoms with Crippen LogP contribution in [0.3, 0.4) is 0 Å². The standard InChI is InChI=1S/C10H10ClNO2S/c1-7-8-3-2-4-10(15(11,13)14)9(8)5-6-12-7/h2-7,12H,1H3. The monoisotopic (exact) mass is 243 g/mol. The molecule has 1 aliphatic rings. The molecule has 5 heteroatoms. The molecular formula is C10H10ClNO2S. The summed E-state index contributed by atoms with van der Waals surface area (Å²) in [6.45, 7) is 1.97. The second-order valence-corrected chi connectivity index (χ2v) is 5.95. The van der Waals surface area contributed by atoms with E-state index in [1.54, 1.807) is 18.3 Å². The highest BCUT2D eigenvalue weighted by Crippen LogP contribution is 2.30. The minimum Gasteiger partial charge on any atom is -0.384 e. The third-order valence-electron chi connectivity index (χ3n) is 2.43. The van der Waals surface area contributed by atoms with Crippen LogP contribution in [0.25, 0.3) is 6.08 Å². The van der Waals surface area contributed by atoms with Crippen LogP contribution in [-0.4, -0.2) is 8.42 Å². The second-order valence-electron chi connectivity index (χ2n) is 3.42. The quantitative estimate of drug-likeness (QED) is 0.770. The Kier molecular flexibility index (Phi) is 2.48. The summed E-state index contributed by atoms with van der Waals surface area (Å²) in [6.07, 6.45) is 3.46. The van der Waals surface area contributed by atoms with E-state index in [2.05, 4.69) is 5.32 Å². The van der Waals surface area contributed by atoms with Gasteiger partial charge in [-0.1, -0.05) is 12.1 Å². The third-order valence-corrected chi connectivity index (χ3v) is 3.81. The summed E-state index contributed by atoms with van der Waals surface area (Å²) in [5, 5.41) is 3.10. The molecule has 0 spiro atoms. The van der Waals surface area contributed by atoms with Gasteiger partial charge in [-0.3, -0.25) is 0 Å². The van der Waals surface area contributed by atoms with Gasteiger partial charge in [-0.15, -0.1) is 0 Å². The van der Waals surface area contributed by atoms with Crippen LogP contribution >= 0.6 is 10.7 Å². The number of hydrogen-bond acceptors (Lipinski definition) is 3. The van der Waals surface area contributed by atoms with E-state index in [9.17, 15) is 8.42 Å². The van der Waals surface area contributed by atoms with Crippen molar-refractivity contribution in [1.82, 2.24) is 5.32 Å². The van der Waals surface area contributed by atoms with E-state index >= 15 is 0 Å². The fraction of sp³-hybridized carbons (Fsp3) is 0.200. The molecule has 0 fully saturated rings. The minimum atomic E-state index is -3.67. The Labute approximate surface area is 93.2 Å². The lowest BCUT2D eigenvalue weighted by atomic mass is 9.99. The van der Waals surface area contributed by atoms with Gasteiger partial charge in [0.2, 0.25) is 0 Å². The lowest BCUT2D eigenvalue weighted by Gasteiger charge is -2.21. The molecule has 1 aliphatic heterocycles. The Morgan fingerprint density at radius 3 is 2.80 bits per heavy atom. The number of rotatable bonds is 1. The Bertz CT molecular complexity index is 522. The smallest absolute Gasteiger partial charge is 0.261 e. The van der Waals surface area contributed by atoms with Crippen LogP contribution in [0.2, 0.25) is 0 Å². The molecule has 80 valence electrons. The van der Waals surface area contributed by atoms with Gasteiger partial charge in [0.05, 0.1) is 4.90 Å². The zero-order valence-electron chi connectivity index (χ0n) is 8.07. The van der Waals surface area contributed by atoms with E-state index in [4.69, 9.17) is 10.7 Å². The molecule has 0 bridgehead atoms. The fourth-order valence-corrected chi connectivity index (χ4v) is 2.79. The van der Waals surface area contributed by atoms with Crippen molar-refractivity contribution in [3.05, 3.63) is 35.5 Å². The maximum absolute atomic E-state index is 11.3. The highest BCUT2D eigenvalue weighted by atomic mass is 35.7. The van der Waals surface area contributed by atoms with Crippen molar-refractivity contribution in [1.29, 1.82) is 0 Å². The highest BCUT2D eigenvalue weighted by molar-refractivity contribution is 8.13. The highest BCUT2D eigenvalue weighted by Gasteiger charge is 2.20. The number of nitrogens with one attached hydrogen (secondary N) is 1. The SMILES string of the molecule is CC1NC=Cc2c1cccc2S(=O)(=O)Cl. The van der Waals surface area contributed by atoms with E-state index in [1.807, 2.05) is 13.0 Å². The summed E-state index contributed by atoms with van der Waals surface area (Å²) in [4.78, 5) is 0.172. The Morgan fingerprint density at radius 1 is 1.40 bits per heavy atom. The first-order chi connectivity index (χ1) is 7.00. The van der Waals surface area contributed by atoms with Crippen LogP contribution in [0, 0.1) is 0 Å². The molecule has 1 unspecified atom stereocenters. The summed E-state index contributed by atoms with van der Waals surface area (Å²) >= 11 is 0. The Morgan fingerprint density at radius 2 is 2.13 bits per heavy atom. The van der Waals surface area contributed by atoms with E-state index in [1.165, 1.54) is 6.07 Å². The van der Waals surface area contributed by atoms with Gasteiger partial charge in [-0.05, 0) is 30.8 Å². The summed E-state index contributed by atoms with van der Waals surface area (Å²) in [5.41, 5.74) is 1.62. The van der Waals surface area contributed by atoms with Gasteiger partial charge in [-0.2, -0.15) is 0 Å². The topological polar surface area (TPSA) is 46.2 Å². The lowest BCUT2D eigenvalue weighted by Crippen LogP contribution is -2.17. The van der Waals surface area contributed by atoms with Gasteiger partial charge >= 0.3 is 0 Å². The normalized spacial score (nSPS) is 19.5. The molecule has 2 rings (SSSR count). The van der Waals surface area contributed by atoms with Crippen LogP contribution in [0.15, 0.2) is 29.3 Å². The van der Waals surface area contributed by atoms with Gasteiger partial charge in [0.15, 0.2) is 0 Å². The molecule has 1 heterocycles. The summed E-state index contributed by atoms with van der Waals surface area (Å²) in [7, 11) is 1.69. The molecule has 0 saturated carbocycles. The summed E-state index contributed by atoms with van der Waals surface area (Å²) < 4.78 is 22.6. The van der Waals surface area contributed by atoms with Gasteiger partial charge in [0, 0.05) is 22.3 Å². The molecular weight excluding hydrogens is 234 g/mol. The average molecular weight is 244 g/mol. The van der Waals surface area contributed by atoms with Gasteiger partial charge in [0.25, 0.3) is 9.05 Å². The predicted molar refractivity (Wildman–Crippen MR) is 60.1 cm³/mol. The molecule has 1 atom stereocenters. The first-order valence-corrected chi connectivity index (χ1v) is 6.81. The number of halogens is 1. The van der Waals surface area contributed by atoms with E-state index in [-0.39, 0.29) is 10.9 Å². The van der Waals surface area contributed by atoms with Crippen LogP contribution in [0.5, 0.6) is 0 Å². The zero-order chi connectivity index (χ0) is 11.1. The first kappa shape index (κ1) is 10.5. The molecule has 0 amide bonds. The molecule has 0 aliphatic carbocycles. The predicted octanol–water partition coefficient (Wildman–Crippen LogP) is 2.25. The van der Waals surface area contributed by atoms with Crippen molar-refractivity contribution in [2.75, 3.05) is 0 Å². The lowest BCUT2D eigenvalue weighted by molar-refractivity contribution is 0.608. The third kappa shape index (κ3) is 1.87. The minimum absolute atomic E-state index is 0.100. The maximum atomic E-state index is 11.3. The van der Waals surface area contributed by atoms with Crippen LogP contribution in [-0.2, 0) is 9.05 Å². The first-order valence-electron chi connectivity index (χ1n) is 4.50. The largest absolute Gasteiger partial charge is 0.384 e. The van der Waals surface area contributed by atoms with Gasteiger partial charge in [-0.25, -0.2) is 8.42 Å². The van der Waals surface area contributed by atoms with Crippen molar-refractivity contribution in [3.8, 4) is 0 Å². The van der Waals surface area contributed by atoms with Crippen molar-refractivity contribution in [3.63, 3.8) is 0 Å². The summed E-state index contributed by atoms with van der Waals surface area (Å²) in [5.74, 6) is 0. The Balaban J connectivity index is 2.72. The second kappa shape index (κ2) is 3.54. The summed E-state index contributed by atoms with van der Waals surface area (Å²) in [6, 6.07) is 5.21. The number of hydrogen-bond donors (Lipinski definition) is 1. The Hall–Kier alpha value is -1.00. The maximum Gasteiger partial charge on any atom is 0.261 e. The molecule has 0 saturated heterocycles. The van der Waals surface area contributed by atoms with Crippen molar-refractivity contribution in [2.24, 2.45) is 0 Å². The van der Waals surface area contributed by atoms with E-state index in [0.29, 0.717) is 5.56 Å². The van der Waals surface area contributed by atoms with Crippen LogP contribution in [0.4, 0.5) is 0 Å². The van der Waals surface area contributed by atoms with Gasteiger partial charge in [0.1, 0.15) is 0 Å². The molecule has 1 N–H and O–H groups in total. The molecule has 0 radical (unpaired) electrons. The van der Waals surface area contributed by atoms with Gasteiger partial charge < -0.3 is 5.32 Å². The van der Waals surface area contributed by atoms with Crippen LogP contribution in [0.1, 0.15) is 24.1 Å². The molecule has 0 aromatic heterocycles. The van der Waals surface area contributed by atoms with E-state index < -0.39 is 9.05 Å². The number of fused-ring (bicyclic) bond motifs is 1. The molecule has 1 aromatic carbocycles. The van der Waals surface area contributed by atoms with Crippen molar-refractivity contribution in [2.45, 2.75) is 17.9 Å². The van der Waals surface area contributed by atoms with E-state index in [0.717, 1.165) is 5.56 Å². The average Bonchev–Trinajstić information content (AvgIpc) is 2.16. The zero-order valence-corrected chi connectivity index (χ0v) is 9.64. The van der Waals surface area contributed by atoms with Crippen molar-refractivity contribution >= 4 is 25.8 Å². The molecule has 1 aromatic rings. The fourth-order valence-electron chi connectivity index (χ4n) is 1.70. The van der Waals surface area contributed by atoms with Crippen molar-refractivity contribution < 1.29 is 8.42 Å². The molecule has 3 nitrogen and oxygen atoms in total.